The van der Waals surface area contributed by atoms with Gasteiger partial charge in [0.1, 0.15) is 0 Å². The Labute approximate surface area is 193 Å². The van der Waals surface area contributed by atoms with Gasteiger partial charge in [0.2, 0.25) is 0 Å². The van der Waals surface area contributed by atoms with Crippen LogP contribution in [0.15, 0.2) is 23.2 Å². The second-order valence-corrected chi connectivity index (χ2v) is 6.99. The Morgan fingerprint density at radius 3 is 2.50 bits per heavy atom. The van der Waals surface area contributed by atoms with Crippen molar-refractivity contribution in [1.82, 2.24) is 15.5 Å². The molecular weight excluding hydrogens is 512 g/mol. The summed E-state index contributed by atoms with van der Waals surface area (Å²) in [4.78, 5) is 5.63. The summed E-state index contributed by atoms with van der Waals surface area (Å²) in [6.45, 7) is 6.79. The third kappa shape index (κ3) is 8.37. The van der Waals surface area contributed by atoms with Crippen molar-refractivity contribution in [2.75, 3.05) is 39.9 Å². The minimum atomic E-state index is -4.17. The van der Waals surface area contributed by atoms with Gasteiger partial charge in [0.05, 0.1) is 25.8 Å². The lowest BCUT2D eigenvalue weighted by Crippen LogP contribution is -2.45. The molecule has 0 radical (unpaired) electrons. The Kier molecular flexibility index (Phi) is 11.0. The molecule has 2 atom stereocenters. The van der Waals surface area contributed by atoms with E-state index in [1.54, 1.807) is 7.05 Å². The van der Waals surface area contributed by atoms with Gasteiger partial charge in [-0.3, -0.25) is 9.89 Å². The van der Waals surface area contributed by atoms with E-state index in [4.69, 9.17) is 9.47 Å². The van der Waals surface area contributed by atoms with E-state index in [9.17, 15) is 13.2 Å². The van der Waals surface area contributed by atoms with Crippen molar-refractivity contribution in [3.63, 3.8) is 0 Å². The first-order valence-corrected chi connectivity index (χ1v) is 9.94. The molecule has 0 bridgehead atoms. The van der Waals surface area contributed by atoms with Gasteiger partial charge in [-0.05, 0) is 44.9 Å². The monoisotopic (exact) mass is 544 g/mol. The van der Waals surface area contributed by atoms with E-state index >= 15 is 0 Å². The predicted molar refractivity (Wildman–Crippen MR) is 123 cm³/mol. The van der Waals surface area contributed by atoms with Gasteiger partial charge >= 0.3 is 6.18 Å². The largest absolute Gasteiger partial charge is 0.490 e. The zero-order chi connectivity index (χ0) is 21.4. The quantitative estimate of drug-likeness (QED) is 0.295. The van der Waals surface area contributed by atoms with Gasteiger partial charge in [-0.1, -0.05) is 6.07 Å². The predicted octanol–water partition coefficient (Wildman–Crippen LogP) is 3.96. The van der Waals surface area contributed by atoms with E-state index in [-0.39, 0.29) is 36.1 Å². The lowest BCUT2D eigenvalue weighted by atomic mass is 10.1. The van der Waals surface area contributed by atoms with Crippen LogP contribution < -0.4 is 20.1 Å². The summed E-state index contributed by atoms with van der Waals surface area (Å²) in [5.41, 5.74) is 0.991. The Balaban J connectivity index is 0.00000450. The minimum absolute atomic E-state index is 0. The highest BCUT2D eigenvalue weighted by atomic mass is 127. The molecule has 6 nitrogen and oxygen atoms in total. The first kappa shape index (κ1) is 26.6. The number of aliphatic imine (C=N–C) groups is 1. The van der Waals surface area contributed by atoms with Gasteiger partial charge < -0.3 is 20.1 Å². The molecule has 2 unspecified atom stereocenters. The topological polar surface area (TPSA) is 58.1 Å². The molecule has 30 heavy (non-hydrogen) atoms. The Bertz CT molecular complexity index is 689. The number of likely N-dealkylation sites (tertiary alicyclic amines) is 1. The molecule has 1 aliphatic heterocycles. The Morgan fingerprint density at radius 1 is 1.23 bits per heavy atom. The molecule has 2 N–H and O–H groups in total. The molecule has 172 valence electrons. The van der Waals surface area contributed by atoms with Crippen LogP contribution in [0.5, 0.6) is 11.5 Å². The normalized spacial score (nSPS) is 18.5. The van der Waals surface area contributed by atoms with Crippen molar-refractivity contribution in [1.29, 1.82) is 0 Å². The van der Waals surface area contributed by atoms with E-state index in [1.807, 2.05) is 39.0 Å². The molecule has 1 fully saturated rings. The van der Waals surface area contributed by atoms with E-state index in [0.717, 1.165) is 5.56 Å². The summed E-state index contributed by atoms with van der Waals surface area (Å²) in [7, 11) is 1.65. The molecule has 10 heteroatoms. The summed E-state index contributed by atoms with van der Waals surface area (Å²) in [6.07, 6.45) is -3.53. The maximum atomic E-state index is 12.6. The standard InChI is InChI=1S/C20H31F3N4O2.HI/c1-5-28-17-8-7-15(11-18(17)29-6-2)14(3)25-19(24-4)26-16-9-10-27(12-16)13-20(21,22)23;/h7-8,11,14,16H,5-6,9-10,12-13H2,1-4H3,(H2,24,25,26);1H. The van der Waals surface area contributed by atoms with E-state index in [0.29, 0.717) is 50.2 Å². The van der Waals surface area contributed by atoms with Crippen LogP contribution in [-0.2, 0) is 0 Å². The maximum absolute atomic E-state index is 12.6. The molecule has 0 aromatic heterocycles. The third-order valence-electron chi connectivity index (χ3n) is 4.66. The zero-order valence-corrected chi connectivity index (χ0v) is 20.2. The van der Waals surface area contributed by atoms with Gasteiger partial charge in [0.25, 0.3) is 0 Å². The maximum Gasteiger partial charge on any atom is 0.401 e. The molecule has 2 rings (SSSR count). The van der Waals surface area contributed by atoms with E-state index in [1.165, 1.54) is 4.90 Å². The zero-order valence-electron chi connectivity index (χ0n) is 17.9. The van der Waals surface area contributed by atoms with Gasteiger partial charge in [0.15, 0.2) is 17.5 Å². The van der Waals surface area contributed by atoms with Crippen LogP contribution in [0, 0.1) is 0 Å². The lowest BCUT2D eigenvalue weighted by molar-refractivity contribution is -0.143. The van der Waals surface area contributed by atoms with Crippen molar-refractivity contribution in [2.45, 2.75) is 45.5 Å². The molecule has 1 heterocycles. The number of guanidine groups is 1. The fraction of sp³-hybridized carbons (Fsp3) is 0.650. The Morgan fingerprint density at radius 2 is 1.90 bits per heavy atom. The van der Waals surface area contributed by atoms with Gasteiger partial charge in [-0.2, -0.15) is 13.2 Å². The fourth-order valence-electron chi connectivity index (χ4n) is 3.34. The number of hydrogen-bond acceptors (Lipinski definition) is 4. The lowest BCUT2D eigenvalue weighted by Gasteiger charge is -2.23. The van der Waals surface area contributed by atoms with Crippen LogP contribution in [0.25, 0.3) is 0 Å². The van der Waals surface area contributed by atoms with Gasteiger partial charge in [0, 0.05) is 26.2 Å². The van der Waals surface area contributed by atoms with Crippen molar-refractivity contribution in [3.8, 4) is 11.5 Å². The number of halogens is 4. The average molecular weight is 544 g/mol. The molecule has 0 saturated carbocycles. The van der Waals surface area contributed by atoms with Crippen molar-refractivity contribution >= 4 is 29.9 Å². The van der Waals surface area contributed by atoms with Crippen LogP contribution in [0.1, 0.15) is 38.8 Å². The minimum Gasteiger partial charge on any atom is -0.490 e. The molecule has 0 aliphatic carbocycles. The van der Waals surface area contributed by atoms with Crippen LogP contribution in [0.4, 0.5) is 13.2 Å². The highest BCUT2D eigenvalue weighted by molar-refractivity contribution is 14.0. The fourth-order valence-corrected chi connectivity index (χ4v) is 3.34. The molecule has 1 aromatic rings. The summed E-state index contributed by atoms with van der Waals surface area (Å²) in [5, 5.41) is 6.52. The van der Waals surface area contributed by atoms with Crippen LogP contribution >= 0.6 is 24.0 Å². The summed E-state index contributed by atoms with van der Waals surface area (Å²) >= 11 is 0. The average Bonchev–Trinajstić information content (AvgIpc) is 3.07. The van der Waals surface area contributed by atoms with E-state index < -0.39 is 12.7 Å². The summed E-state index contributed by atoms with van der Waals surface area (Å²) in [6, 6.07) is 5.61. The summed E-state index contributed by atoms with van der Waals surface area (Å²) < 4.78 is 49.0. The smallest absolute Gasteiger partial charge is 0.401 e. The summed E-state index contributed by atoms with van der Waals surface area (Å²) in [5.74, 6) is 1.94. The van der Waals surface area contributed by atoms with Crippen molar-refractivity contribution in [2.24, 2.45) is 4.99 Å². The van der Waals surface area contributed by atoms with Gasteiger partial charge in [-0.25, -0.2) is 0 Å². The number of alkyl halides is 3. The number of hydrogen-bond donors (Lipinski definition) is 2. The molecule has 1 aliphatic rings. The highest BCUT2D eigenvalue weighted by Crippen LogP contribution is 2.30. The van der Waals surface area contributed by atoms with Crippen LogP contribution in [0.2, 0.25) is 0 Å². The van der Waals surface area contributed by atoms with Gasteiger partial charge in [-0.15, -0.1) is 24.0 Å². The number of ether oxygens (including phenoxy) is 2. The Hall–Kier alpha value is -1.43. The molecule has 1 saturated heterocycles. The third-order valence-corrected chi connectivity index (χ3v) is 4.66. The van der Waals surface area contributed by atoms with Crippen molar-refractivity contribution < 1.29 is 22.6 Å². The number of nitrogens with zero attached hydrogens (tertiary/aromatic N) is 2. The van der Waals surface area contributed by atoms with Crippen LogP contribution in [-0.4, -0.2) is 63.0 Å². The number of benzene rings is 1. The molecule has 0 spiro atoms. The van der Waals surface area contributed by atoms with E-state index in [2.05, 4.69) is 15.6 Å². The second-order valence-electron chi connectivity index (χ2n) is 6.99. The molecular formula is C20H32F3IN4O2. The first-order chi connectivity index (χ1) is 13.8. The number of rotatable bonds is 8. The van der Waals surface area contributed by atoms with Crippen molar-refractivity contribution in [3.05, 3.63) is 23.8 Å². The highest BCUT2D eigenvalue weighted by Gasteiger charge is 2.34. The molecule has 1 aromatic carbocycles. The second kappa shape index (κ2) is 12.4. The number of nitrogens with one attached hydrogen (secondary N) is 2. The van der Waals surface area contributed by atoms with Crippen LogP contribution in [0.3, 0.4) is 0 Å². The first-order valence-electron chi connectivity index (χ1n) is 9.94. The molecule has 0 amide bonds. The SMILES string of the molecule is CCOc1ccc(C(C)NC(=NC)NC2CCN(CC(F)(F)F)C2)cc1OCC.I.